The smallest absolute Gasteiger partial charge is 0.253 e. The van der Waals surface area contributed by atoms with Crippen LogP contribution in [-0.2, 0) is 4.79 Å². The maximum Gasteiger partial charge on any atom is 0.253 e. The lowest BCUT2D eigenvalue weighted by molar-refractivity contribution is -0.116. The lowest BCUT2D eigenvalue weighted by Gasteiger charge is -2.13. The lowest BCUT2D eigenvalue weighted by Crippen LogP contribution is -2.31. The first-order valence-corrected chi connectivity index (χ1v) is 6.86. The predicted molar refractivity (Wildman–Crippen MR) is 81.2 cm³/mol. The molecule has 0 spiro atoms. The molecule has 1 rings (SSSR count). The minimum Gasteiger partial charge on any atom is -0.350 e. The number of halogens is 1. The molecule has 1 aromatic carbocycles. The van der Waals surface area contributed by atoms with E-state index >= 15 is 0 Å². The minimum absolute atomic E-state index is 0.0195. The summed E-state index contributed by atoms with van der Waals surface area (Å²) in [5, 5.41) is 8.87. The van der Waals surface area contributed by atoms with Crippen LogP contribution in [0.1, 0.15) is 30.6 Å². The summed E-state index contributed by atoms with van der Waals surface area (Å²) in [6.07, 6.45) is 0.328. The van der Waals surface area contributed by atoms with Crippen LogP contribution in [0.25, 0.3) is 0 Å². The fourth-order valence-electron chi connectivity index (χ4n) is 1.61. The van der Waals surface area contributed by atoms with Gasteiger partial charge in [0.1, 0.15) is 0 Å². The third-order valence-corrected chi connectivity index (χ3v) is 2.76. The zero-order valence-electron chi connectivity index (χ0n) is 11.9. The van der Waals surface area contributed by atoms with E-state index < -0.39 is 0 Å². The summed E-state index contributed by atoms with van der Waals surface area (Å²) in [5.74, 6) is -0.402. The number of carbonyl (C=O) groups excluding carboxylic acids is 2. The molecule has 0 aliphatic rings. The van der Waals surface area contributed by atoms with Gasteiger partial charge in [0.15, 0.2) is 0 Å². The molecule has 0 saturated carbocycles. The van der Waals surface area contributed by atoms with Gasteiger partial charge < -0.3 is 16.0 Å². The van der Waals surface area contributed by atoms with Crippen LogP contribution in [0.4, 0.5) is 5.69 Å². The third kappa shape index (κ3) is 5.19. The molecule has 0 heterocycles. The van der Waals surface area contributed by atoms with Gasteiger partial charge in [-0.15, -0.1) is 0 Å². The number of rotatable bonds is 6. The van der Waals surface area contributed by atoms with Crippen LogP contribution in [-0.4, -0.2) is 31.4 Å². The van der Waals surface area contributed by atoms with Gasteiger partial charge in [0.25, 0.3) is 5.91 Å². The number of amides is 2. The Morgan fingerprint density at radius 2 is 2.00 bits per heavy atom. The van der Waals surface area contributed by atoms with Crippen LogP contribution in [0.5, 0.6) is 0 Å². The first-order chi connectivity index (χ1) is 9.43. The molecule has 0 aromatic heterocycles. The Morgan fingerprint density at radius 1 is 1.30 bits per heavy atom. The average Bonchev–Trinajstić information content (AvgIpc) is 2.35. The van der Waals surface area contributed by atoms with Crippen LogP contribution < -0.4 is 16.0 Å². The Kier molecular flexibility index (Phi) is 6.48. The van der Waals surface area contributed by atoms with Gasteiger partial charge >= 0.3 is 0 Å². The van der Waals surface area contributed by atoms with Gasteiger partial charge in [-0.25, -0.2) is 0 Å². The van der Waals surface area contributed by atoms with Crippen molar-refractivity contribution in [2.24, 2.45) is 0 Å². The number of benzene rings is 1. The van der Waals surface area contributed by atoms with Crippen LogP contribution >= 0.6 is 11.6 Å². The van der Waals surface area contributed by atoms with Crippen molar-refractivity contribution in [3.63, 3.8) is 0 Å². The molecule has 0 bridgehead atoms. The molecular formula is C14H20ClN3O2. The molecule has 0 atom stereocenters. The van der Waals surface area contributed by atoms with Gasteiger partial charge in [-0.1, -0.05) is 11.6 Å². The molecule has 5 nitrogen and oxygen atoms in total. The van der Waals surface area contributed by atoms with Crippen molar-refractivity contribution in [3.8, 4) is 0 Å². The summed E-state index contributed by atoms with van der Waals surface area (Å²) in [6, 6.07) is 4.83. The van der Waals surface area contributed by atoms with Crippen LogP contribution in [0.2, 0.25) is 5.02 Å². The molecule has 0 saturated heterocycles. The predicted octanol–water partition coefficient (Wildman–Crippen LogP) is 2.03. The van der Waals surface area contributed by atoms with E-state index in [0.29, 0.717) is 29.2 Å². The number of hydrogen-bond donors (Lipinski definition) is 3. The second-order valence-electron chi connectivity index (χ2n) is 4.72. The highest BCUT2D eigenvalue weighted by Gasteiger charge is 2.14. The van der Waals surface area contributed by atoms with Crippen molar-refractivity contribution in [2.45, 2.75) is 26.3 Å². The number of hydrogen-bond acceptors (Lipinski definition) is 3. The van der Waals surface area contributed by atoms with Crippen LogP contribution in [0.15, 0.2) is 18.2 Å². The monoisotopic (exact) mass is 297 g/mol. The highest BCUT2D eigenvalue weighted by atomic mass is 35.5. The van der Waals surface area contributed by atoms with Gasteiger partial charge in [-0.05, 0) is 39.1 Å². The third-order valence-electron chi connectivity index (χ3n) is 2.52. The topological polar surface area (TPSA) is 70.2 Å². The Hall–Kier alpha value is -1.59. The maximum atomic E-state index is 12.1. The van der Waals surface area contributed by atoms with E-state index in [2.05, 4.69) is 16.0 Å². The highest BCUT2D eigenvalue weighted by Crippen LogP contribution is 2.21. The molecule has 0 fully saturated rings. The van der Waals surface area contributed by atoms with E-state index in [0.717, 1.165) is 0 Å². The molecule has 20 heavy (non-hydrogen) atoms. The maximum absolute atomic E-state index is 12.1. The number of anilines is 1. The van der Waals surface area contributed by atoms with Crippen molar-refractivity contribution >= 4 is 29.1 Å². The number of nitrogens with one attached hydrogen (secondary N) is 3. The Bertz CT molecular complexity index is 489. The molecule has 0 unspecified atom stereocenters. The van der Waals surface area contributed by atoms with Crippen molar-refractivity contribution < 1.29 is 9.59 Å². The summed E-state index contributed by atoms with van der Waals surface area (Å²) in [6.45, 7) is 4.32. The second-order valence-corrected chi connectivity index (χ2v) is 5.16. The Labute approximate surface area is 124 Å². The molecule has 1 aromatic rings. The summed E-state index contributed by atoms with van der Waals surface area (Å²) in [7, 11) is 1.77. The number of carbonyl (C=O) groups is 2. The second kappa shape index (κ2) is 7.87. The molecule has 0 aliphatic heterocycles. The first kappa shape index (κ1) is 16.5. The largest absolute Gasteiger partial charge is 0.350 e. The minimum atomic E-state index is -0.236. The van der Waals surface area contributed by atoms with Gasteiger partial charge in [-0.2, -0.15) is 0 Å². The zero-order chi connectivity index (χ0) is 15.1. The molecule has 0 radical (unpaired) electrons. The Morgan fingerprint density at radius 3 is 2.60 bits per heavy atom. The normalized spacial score (nSPS) is 10.4. The van der Waals surface area contributed by atoms with E-state index in [1.165, 1.54) is 0 Å². The lowest BCUT2D eigenvalue weighted by atomic mass is 10.1. The molecule has 6 heteroatoms. The van der Waals surface area contributed by atoms with E-state index in [9.17, 15) is 9.59 Å². The van der Waals surface area contributed by atoms with Crippen molar-refractivity contribution in [1.29, 1.82) is 0 Å². The molecule has 110 valence electrons. The summed E-state index contributed by atoms with van der Waals surface area (Å²) in [4.78, 5) is 23.8. The van der Waals surface area contributed by atoms with E-state index in [4.69, 9.17) is 11.6 Å². The summed E-state index contributed by atoms with van der Waals surface area (Å²) in [5.41, 5.74) is 0.831. The quantitative estimate of drug-likeness (QED) is 0.752. The Balaban J connectivity index is 2.90. The SMILES string of the molecule is CNCCC(=O)Nc1cc(Cl)ccc1C(=O)NC(C)C. The highest BCUT2D eigenvalue weighted by molar-refractivity contribution is 6.31. The van der Waals surface area contributed by atoms with Crippen molar-refractivity contribution in [2.75, 3.05) is 18.9 Å². The van der Waals surface area contributed by atoms with Crippen molar-refractivity contribution in [1.82, 2.24) is 10.6 Å². The first-order valence-electron chi connectivity index (χ1n) is 6.49. The zero-order valence-corrected chi connectivity index (χ0v) is 12.7. The molecule has 2 amide bonds. The standard InChI is InChI=1S/C14H20ClN3O2/c1-9(2)17-14(20)11-5-4-10(15)8-12(11)18-13(19)6-7-16-3/h4-5,8-9,16H,6-7H2,1-3H3,(H,17,20)(H,18,19). The molecular weight excluding hydrogens is 278 g/mol. The van der Waals surface area contributed by atoms with Crippen LogP contribution in [0.3, 0.4) is 0 Å². The van der Waals surface area contributed by atoms with E-state index in [-0.39, 0.29) is 17.9 Å². The van der Waals surface area contributed by atoms with E-state index in [1.54, 1.807) is 25.2 Å². The molecule has 0 aliphatic carbocycles. The van der Waals surface area contributed by atoms with Gasteiger partial charge in [-0.3, -0.25) is 9.59 Å². The fourth-order valence-corrected chi connectivity index (χ4v) is 1.78. The van der Waals surface area contributed by atoms with Gasteiger partial charge in [0.2, 0.25) is 5.91 Å². The van der Waals surface area contributed by atoms with Gasteiger partial charge in [0, 0.05) is 24.0 Å². The molecule has 3 N–H and O–H groups in total. The van der Waals surface area contributed by atoms with Gasteiger partial charge in [0.05, 0.1) is 11.3 Å². The average molecular weight is 298 g/mol. The van der Waals surface area contributed by atoms with Crippen molar-refractivity contribution in [3.05, 3.63) is 28.8 Å². The summed E-state index contributed by atoms with van der Waals surface area (Å²) < 4.78 is 0. The van der Waals surface area contributed by atoms with Crippen LogP contribution in [0, 0.1) is 0 Å². The summed E-state index contributed by atoms with van der Waals surface area (Å²) >= 11 is 5.92. The van der Waals surface area contributed by atoms with E-state index in [1.807, 2.05) is 13.8 Å². The fraction of sp³-hybridized carbons (Fsp3) is 0.429.